The number of hydrogen-bond acceptors (Lipinski definition) is 7. The van der Waals surface area contributed by atoms with E-state index < -0.39 is 0 Å². The summed E-state index contributed by atoms with van der Waals surface area (Å²) in [5.74, 6) is 1.68. The minimum atomic E-state index is 0.203. The topological polar surface area (TPSA) is 95.4 Å². The molecule has 0 aliphatic carbocycles. The van der Waals surface area contributed by atoms with E-state index in [0.717, 1.165) is 0 Å². The lowest BCUT2D eigenvalue weighted by Gasteiger charge is -2.09. The van der Waals surface area contributed by atoms with Crippen molar-refractivity contribution in [3.05, 3.63) is 24.1 Å². The molecule has 0 unspecified atom stereocenters. The van der Waals surface area contributed by atoms with Crippen molar-refractivity contribution in [2.75, 3.05) is 19.5 Å². The summed E-state index contributed by atoms with van der Waals surface area (Å²) in [5, 5.41) is 10.5. The Balaban J connectivity index is 2.22. The normalized spacial score (nSPS) is 10.2. The zero-order chi connectivity index (χ0) is 13.0. The van der Waals surface area contributed by atoms with Crippen LogP contribution >= 0.6 is 0 Å². The van der Waals surface area contributed by atoms with Gasteiger partial charge in [-0.05, 0) is 12.1 Å². The van der Waals surface area contributed by atoms with E-state index in [2.05, 4.69) is 15.5 Å². The molecule has 0 atom stereocenters. The molecule has 1 heterocycles. The Labute approximate surface area is 104 Å². The van der Waals surface area contributed by atoms with Gasteiger partial charge in [0.15, 0.2) is 0 Å². The number of anilines is 2. The molecule has 1 aromatic carbocycles. The van der Waals surface area contributed by atoms with Gasteiger partial charge in [-0.1, -0.05) is 5.10 Å². The summed E-state index contributed by atoms with van der Waals surface area (Å²) in [4.78, 5) is 0. The first-order valence-corrected chi connectivity index (χ1v) is 5.28. The Morgan fingerprint density at radius 3 is 2.72 bits per heavy atom. The van der Waals surface area contributed by atoms with Crippen LogP contribution in [0.2, 0.25) is 0 Å². The Morgan fingerprint density at radius 2 is 2.11 bits per heavy atom. The fraction of sp³-hybridized carbons (Fsp3) is 0.273. The van der Waals surface area contributed by atoms with Crippen molar-refractivity contribution in [3.63, 3.8) is 0 Å². The fourth-order valence-electron chi connectivity index (χ4n) is 1.40. The van der Waals surface area contributed by atoms with Crippen molar-refractivity contribution in [2.24, 2.45) is 5.73 Å². The maximum absolute atomic E-state index is 5.39. The number of methoxy groups -OCH3 is 2. The molecule has 7 nitrogen and oxygen atoms in total. The molecule has 0 radical (unpaired) electrons. The summed E-state index contributed by atoms with van der Waals surface area (Å²) >= 11 is 0. The van der Waals surface area contributed by atoms with Gasteiger partial charge in [-0.2, -0.15) is 0 Å². The molecular weight excluding hydrogens is 236 g/mol. The van der Waals surface area contributed by atoms with Crippen LogP contribution in [0.25, 0.3) is 0 Å². The van der Waals surface area contributed by atoms with E-state index in [1.54, 1.807) is 32.4 Å². The monoisotopic (exact) mass is 250 g/mol. The van der Waals surface area contributed by atoms with Crippen LogP contribution in [0.15, 0.2) is 22.6 Å². The third-order valence-corrected chi connectivity index (χ3v) is 2.29. The summed E-state index contributed by atoms with van der Waals surface area (Å²) in [6, 6.07) is 5.61. The van der Waals surface area contributed by atoms with Crippen molar-refractivity contribution in [2.45, 2.75) is 6.54 Å². The average Bonchev–Trinajstić information content (AvgIpc) is 2.87. The number of nitrogens with two attached hydrogens (primary N) is 1. The van der Waals surface area contributed by atoms with E-state index in [1.807, 2.05) is 0 Å². The van der Waals surface area contributed by atoms with Gasteiger partial charge in [0.2, 0.25) is 5.89 Å². The SMILES string of the molecule is COc1ccc(Nc2nnc(CN)o2)c(OC)c1. The molecule has 0 fully saturated rings. The van der Waals surface area contributed by atoms with Crippen molar-refractivity contribution in [1.29, 1.82) is 0 Å². The highest BCUT2D eigenvalue weighted by Crippen LogP contribution is 2.30. The minimum absolute atomic E-state index is 0.203. The number of ether oxygens (including phenoxy) is 2. The second kappa shape index (κ2) is 5.37. The van der Waals surface area contributed by atoms with Gasteiger partial charge in [0, 0.05) is 6.07 Å². The molecule has 0 aliphatic rings. The van der Waals surface area contributed by atoms with E-state index in [1.165, 1.54) is 0 Å². The van der Waals surface area contributed by atoms with Crippen LogP contribution < -0.4 is 20.5 Å². The molecule has 0 saturated heterocycles. The average molecular weight is 250 g/mol. The second-order valence-electron chi connectivity index (χ2n) is 3.40. The molecular formula is C11H14N4O3. The smallest absolute Gasteiger partial charge is 0.320 e. The van der Waals surface area contributed by atoms with Crippen molar-refractivity contribution < 1.29 is 13.9 Å². The molecule has 3 N–H and O–H groups in total. The molecule has 2 aromatic rings. The van der Waals surface area contributed by atoms with E-state index in [4.69, 9.17) is 19.6 Å². The van der Waals surface area contributed by atoms with Gasteiger partial charge < -0.3 is 24.9 Å². The quantitative estimate of drug-likeness (QED) is 0.825. The maximum atomic E-state index is 5.39. The molecule has 18 heavy (non-hydrogen) atoms. The van der Waals surface area contributed by atoms with Crippen LogP contribution in [0, 0.1) is 0 Å². The molecule has 0 aliphatic heterocycles. The highest BCUT2D eigenvalue weighted by molar-refractivity contribution is 5.63. The molecule has 0 bridgehead atoms. The molecule has 7 heteroatoms. The summed E-state index contributed by atoms with van der Waals surface area (Å²) in [6.45, 7) is 0.203. The first-order valence-electron chi connectivity index (χ1n) is 5.28. The molecule has 0 spiro atoms. The van der Waals surface area contributed by atoms with Crippen LogP contribution in [0.3, 0.4) is 0 Å². The minimum Gasteiger partial charge on any atom is -0.497 e. The van der Waals surface area contributed by atoms with Gasteiger partial charge in [0.05, 0.1) is 26.5 Å². The summed E-state index contributed by atoms with van der Waals surface area (Å²) < 4.78 is 15.6. The lowest BCUT2D eigenvalue weighted by atomic mass is 10.2. The van der Waals surface area contributed by atoms with Crippen LogP contribution in [0.4, 0.5) is 11.7 Å². The highest BCUT2D eigenvalue weighted by atomic mass is 16.5. The molecule has 0 saturated carbocycles. The van der Waals surface area contributed by atoms with Crippen LogP contribution in [-0.2, 0) is 6.54 Å². The van der Waals surface area contributed by atoms with Crippen molar-refractivity contribution >= 4 is 11.7 Å². The van der Waals surface area contributed by atoms with Gasteiger partial charge in [-0.3, -0.25) is 0 Å². The third-order valence-electron chi connectivity index (χ3n) is 2.29. The number of hydrogen-bond donors (Lipinski definition) is 2. The standard InChI is InChI=1S/C11H14N4O3/c1-16-7-3-4-8(9(5-7)17-2)13-11-15-14-10(6-12)18-11/h3-5H,6,12H2,1-2H3,(H,13,15). The Morgan fingerprint density at radius 1 is 1.28 bits per heavy atom. The number of aromatic nitrogens is 2. The van der Waals surface area contributed by atoms with Gasteiger partial charge in [0.25, 0.3) is 0 Å². The number of nitrogens with one attached hydrogen (secondary N) is 1. The summed E-state index contributed by atoms with van der Waals surface area (Å²) in [5.41, 5.74) is 6.08. The first kappa shape index (κ1) is 12.2. The number of benzene rings is 1. The molecule has 0 amide bonds. The zero-order valence-electron chi connectivity index (χ0n) is 10.1. The Hall–Kier alpha value is -2.28. The maximum Gasteiger partial charge on any atom is 0.320 e. The number of rotatable bonds is 5. The largest absolute Gasteiger partial charge is 0.497 e. The second-order valence-corrected chi connectivity index (χ2v) is 3.40. The van der Waals surface area contributed by atoms with E-state index in [0.29, 0.717) is 23.1 Å². The zero-order valence-corrected chi connectivity index (χ0v) is 10.1. The van der Waals surface area contributed by atoms with Gasteiger partial charge in [-0.25, -0.2) is 0 Å². The first-order chi connectivity index (χ1) is 8.76. The number of nitrogens with zero attached hydrogens (tertiary/aromatic N) is 2. The van der Waals surface area contributed by atoms with Crippen LogP contribution in [-0.4, -0.2) is 24.4 Å². The molecule has 96 valence electrons. The van der Waals surface area contributed by atoms with Gasteiger partial charge >= 0.3 is 6.01 Å². The van der Waals surface area contributed by atoms with Crippen LogP contribution in [0.1, 0.15) is 5.89 Å². The summed E-state index contributed by atoms with van der Waals surface area (Å²) in [7, 11) is 3.16. The predicted octanol–water partition coefficient (Wildman–Crippen LogP) is 1.29. The van der Waals surface area contributed by atoms with E-state index in [-0.39, 0.29) is 12.6 Å². The Bertz CT molecular complexity index is 527. The van der Waals surface area contributed by atoms with Crippen molar-refractivity contribution in [1.82, 2.24) is 10.2 Å². The lowest BCUT2D eigenvalue weighted by molar-refractivity contribution is 0.395. The summed E-state index contributed by atoms with van der Waals surface area (Å²) in [6.07, 6.45) is 0. The van der Waals surface area contributed by atoms with Crippen LogP contribution in [0.5, 0.6) is 11.5 Å². The van der Waals surface area contributed by atoms with E-state index >= 15 is 0 Å². The van der Waals surface area contributed by atoms with Gasteiger partial charge in [-0.15, -0.1) is 5.10 Å². The van der Waals surface area contributed by atoms with Crippen molar-refractivity contribution in [3.8, 4) is 11.5 Å². The highest BCUT2D eigenvalue weighted by Gasteiger charge is 2.09. The van der Waals surface area contributed by atoms with E-state index in [9.17, 15) is 0 Å². The predicted molar refractivity (Wildman–Crippen MR) is 65.0 cm³/mol. The lowest BCUT2D eigenvalue weighted by Crippen LogP contribution is -1.96. The molecule has 1 aromatic heterocycles. The Kier molecular flexibility index (Phi) is 3.63. The third kappa shape index (κ3) is 2.51. The fourth-order valence-corrected chi connectivity index (χ4v) is 1.40. The molecule has 2 rings (SSSR count). The van der Waals surface area contributed by atoms with Gasteiger partial charge in [0.1, 0.15) is 11.5 Å².